The topological polar surface area (TPSA) is 90.5 Å². The van der Waals surface area contributed by atoms with E-state index in [1.807, 2.05) is 0 Å². The second-order valence-corrected chi connectivity index (χ2v) is 10.3. The van der Waals surface area contributed by atoms with E-state index in [1.54, 1.807) is 7.05 Å². The van der Waals surface area contributed by atoms with Crippen molar-refractivity contribution in [2.75, 3.05) is 44.0 Å². The maximum absolute atomic E-state index is 12.9. The van der Waals surface area contributed by atoms with Crippen LogP contribution < -0.4 is 16.1 Å². The molecular weight excluding hydrogens is 376 g/mol. The van der Waals surface area contributed by atoms with Crippen LogP contribution in [0.2, 0.25) is 0 Å². The zero-order chi connectivity index (χ0) is 19.9. The molecule has 3 N–H and O–H groups in total. The number of hydrogen-bond acceptors (Lipinski definition) is 6. The fraction of sp³-hybridized carbons (Fsp3) is 0.550. The molecule has 1 aromatic rings. The molecule has 0 aromatic heterocycles. The average Bonchev–Trinajstić information content (AvgIpc) is 3.08. The average molecular weight is 405 g/mol. The van der Waals surface area contributed by atoms with Gasteiger partial charge in [-0.3, -0.25) is 9.80 Å². The molecule has 152 valence electrons. The molecule has 1 unspecified atom stereocenters. The molecule has 7 nitrogen and oxygen atoms in total. The first kappa shape index (κ1) is 19.4. The quantitative estimate of drug-likeness (QED) is 0.484. The zero-order valence-electron chi connectivity index (χ0n) is 16.4. The molecule has 4 rings (SSSR count). The third kappa shape index (κ3) is 3.81. The van der Waals surface area contributed by atoms with E-state index in [-0.39, 0.29) is 17.6 Å². The minimum absolute atomic E-state index is 0.00868. The van der Waals surface area contributed by atoms with Crippen LogP contribution >= 0.6 is 0 Å². The minimum Gasteiger partial charge on any atom is -0.384 e. The van der Waals surface area contributed by atoms with Gasteiger partial charge in [0.15, 0.2) is 0 Å². The van der Waals surface area contributed by atoms with Crippen LogP contribution in [0.1, 0.15) is 29.9 Å². The number of rotatable bonds is 6. The maximum Gasteiger partial charge on any atom is 0.244 e. The lowest BCUT2D eigenvalue weighted by Gasteiger charge is -2.37. The predicted molar refractivity (Wildman–Crippen MR) is 111 cm³/mol. The summed E-state index contributed by atoms with van der Waals surface area (Å²) in [6.07, 6.45) is 4.89. The number of nitrogens with one attached hydrogen (secondary N) is 3. The van der Waals surface area contributed by atoms with Crippen LogP contribution in [0, 0.1) is 5.92 Å². The molecule has 28 heavy (non-hydrogen) atoms. The van der Waals surface area contributed by atoms with Crippen molar-refractivity contribution < 1.29 is 13.2 Å². The Labute approximate surface area is 166 Å². The Morgan fingerprint density at radius 3 is 2.93 bits per heavy atom. The Balaban J connectivity index is 1.46. The summed E-state index contributed by atoms with van der Waals surface area (Å²) < 4.78 is 22.4. The highest BCUT2D eigenvalue weighted by Gasteiger charge is 2.38. The standard InChI is InChI=1S/C20H28N4O3S/c1-24(23-7-4-8-28(2,26)27)20(25)14-9-16-15-5-3-6-17-19(15)13(11-21-17)10-18(16)22-12-14/h3,5-6,9,13-14,18,21-23H,4,7-8,10-12H2,1-2H3/t13?,14-,18-/m1/s1. The molecule has 0 bridgehead atoms. The van der Waals surface area contributed by atoms with Crippen molar-refractivity contribution in [1.82, 2.24) is 15.8 Å². The molecule has 0 radical (unpaired) electrons. The summed E-state index contributed by atoms with van der Waals surface area (Å²) in [6.45, 7) is 2.06. The Morgan fingerprint density at radius 2 is 2.14 bits per heavy atom. The summed E-state index contributed by atoms with van der Waals surface area (Å²) in [5.74, 6) is 0.408. The molecule has 0 saturated carbocycles. The van der Waals surface area contributed by atoms with E-state index in [1.165, 1.54) is 33.7 Å². The summed E-state index contributed by atoms with van der Waals surface area (Å²) in [5.41, 5.74) is 8.13. The van der Waals surface area contributed by atoms with E-state index < -0.39 is 9.84 Å². The van der Waals surface area contributed by atoms with Gasteiger partial charge in [-0.25, -0.2) is 13.8 Å². The summed E-state index contributed by atoms with van der Waals surface area (Å²) >= 11 is 0. The number of hydrazine groups is 1. The van der Waals surface area contributed by atoms with E-state index in [0.717, 1.165) is 13.0 Å². The maximum atomic E-state index is 12.9. The minimum atomic E-state index is -2.98. The van der Waals surface area contributed by atoms with Gasteiger partial charge in [0.25, 0.3) is 0 Å². The predicted octanol–water partition coefficient (Wildman–Crippen LogP) is 0.969. The Morgan fingerprint density at radius 1 is 1.32 bits per heavy atom. The first-order valence-electron chi connectivity index (χ1n) is 9.84. The fourth-order valence-corrected chi connectivity index (χ4v) is 5.23. The molecule has 0 saturated heterocycles. The Bertz CT molecular complexity index is 912. The Kier molecular flexibility index (Phi) is 5.20. The number of hydrogen-bond donors (Lipinski definition) is 3. The summed E-state index contributed by atoms with van der Waals surface area (Å²) in [4.78, 5) is 12.9. The number of amides is 1. The number of carbonyl (C=O) groups excluding carboxylic acids is 1. The van der Waals surface area contributed by atoms with Gasteiger partial charge in [0.1, 0.15) is 9.84 Å². The second kappa shape index (κ2) is 7.50. The van der Waals surface area contributed by atoms with Crippen LogP contribution in [-0.2, 0) is 14.6 Å². The molecule has 1 aliphatic carbocycles. The van der Waals surface area contributed by atoms with E-state index in [2.05, 4.69) is 40.3 Å². The summed E-state index contributed by atoms with van der Waals surface area (Å²) in [7, 11) is -1.27. The van der Waals surface area contributed by atoms with Crippen molar-refractivity contribution in [3.05, 3.63) is 35.4 Å². The zero-order valence-corrected chi connectivity index (χ0v) is 17.2. The van der Waals surface area contributed by atoms with Gasteiger partial charge >= 0.3 is 0 Å². The number of fused-ring (bicyclic) bond motifs is 2. The van der Waals surface area contributed by atoms with Crippen LogP contribution in [0.15, 0.2) is 24.3 Å². The SMILES string of the molecule is CN(NCCCS(C)(=O)=O)C(=O)[C@@H]1C=C2c3cccc4c3C(CN4)C[C@H]2NC1. The van der Waals surface area contributed by atoms with Crippen LogP contribution in [0.5, 0.6) is 0 Å². The van der Waals surface area contributed by atoms with E-state index >= 15 is 0 Å². The van der Waals surface area contributed by atoms with Crippen LogP contribution in [0.25, 0.3) is 5.57 Å². The normalized spacial score (nSPS) is 25.4. The van der Waals surface area contributed by atoms with E-state index in [0.29, 0.717) is 31.5 Å². The second-order valence-electron chi connectivity index (χ2n) is 8.06. The summed E-state index contributed by atoms with van der Waals surface area (Å²) in [5, 5.41) is 8.57. The summed E-state index contributed by atoms with van der Waals surface area (Å²) in [6, 6.07) is 6.67. The highest BCUT2D eigenvalue weighted by molar-refractivity contribution is 7.90. The van der Waals surface area contributed by atoms with Crippen molar-refractivity contribution in [3.8, 4) is 0 Å². The molecule has 0 spiro atoms. The number of anilines is 1. The van der Waals surface area contributed by atoms with E-state index in [9.17, 15) is 13.2 Å². The van der Waals surface area contributed by atoms with Crippen molar-refractivity contribution in [3.63, 3.8) is 0 Å². The lowest BCUT2D eigenvalue weighted by molar-refractivity contribution is -0.135. The van der Waals surface area contributed by atoms with E-state index in [4.69, 9.17) is 0 Å². The lowest BCUT2D eigenvalue weighted by atomic mass is 9.75. The van der Waals surface area contributed by atoms with Gasteiger partial charge < -0.3 is 10.6 Å². The number of nitrogens with zero attached hydrogens (tertiary/aromatic N) is 1. The molecule has 2 aliphatic heterocycles. The van der Waals surface area contributed by atoms with Crippen molar-refractivity contribution in [2.45, 2.75) is 24.8 Å². The molecule has 1 amide bonds. The van der Waals surface area contributed by atoms with Gasteiger partial charge in [0.2, 0.25) is 5.91 Å². The van der Waals surface area contributed by atoms with Crippen LogP contribution in [0.3, 0.4) is 0 Å². The number of sulfone groups is 1. The van der Waals surface area contributed by atoms with Gasteiger partial charge in [0.05, 0.1) is 11.7 Å². The Hall–Kier alpha value is -1.90. The first-order valence-corrected chi connectivity index (χ1v) is 11.9. The molecule has 3 aliphatic rings. The molecule has 0 fully saturated rings. The molecular formula is C20H28N4O3S. The first-order chi connectivity index (χ1) is 13.3. The number of carbonyl (C=O) groups is 1. The largest absolute Gasteiger partial charge is 0.384 e. The van der Waals surface area contributed by atoms with Gasteiger partial charge in [-0.2, -0.15) is 0 Å². The fourth-order valence-electron chi connectivity index (χ4n) is 4.56. The molecule has 2 heterocycles. The van der Waals surface area contributed by atoms with Crippen molar-refractivity contribution in [2.24, 2.45) is 5.92 Å². The smallest absolute Gasteiger partial charge is 0.244 e. The number of benzene rings is 1. The van der Waals surface area contributed by atoms with Crippen LogP contribution in [0.4, 0.5) is 5.69 Å². The van der Waals surface area contributed by atoms with Crippen LogP contribution in [-0.4, -0.2) is 64.1 Å². The third-order valence-corrected chi connectivity index (χ3v) is 6.94. The van der Waals surface area contributed by atoms with Gasteiger partial charge in [-0.1, -0.05) is 18.2 Å². The molecule has 1 aromatic carbocycles. The monoisotopic (exact) mass is 404 g/mol. The van der Waals surface area contributed by atoms with Gasteiger partial charge in [-0.05, 0) is 35.6 Å². The van der Waals surface area contributed by atoms with Gasteiger partial charge in [0, 0.05) is 50.6 Å². The van der Waals surface area contributed by atoms with Crippen molar-refractivity contribution in [1.29, 1.82) is 0 Å². The van der Waals surface area contributed by atoms with Crippen molar-refractivity contribution >= 4 is 27.0 Å². The van der Waals surface area contributed by atoms with Gasteiger partial charge in [-0.15, -0.1) is 0 Å². The third-order valence-electron chi connectivity index (χ3n) is 5.91. The molecule has 8 heteroatoms. The highest BCUT2D eigenvalue weighted by Crippen LogP contribution is 2.46. The molecule has 3 atom stereocenters. The highest BCUT2D eigenvalue weighted by atomic mass is 32.2. The lowest BCUT2D eigenvalue weighted by Crippen LogP contribution is -2.49.